The van der Waals surface area contributed by atoms with Crippen molar-refractivity contribution in [3.8, 4) is 0 Å². The molecule has 0 amide bonds. The summed E-state index contributed by atoms with van der Waals surface area (Å²) < 4.78 is 1.46. The lowest BCUT2D eigenvalue weighted by Crippen LogP contribution is -2.26. The normalized spacial score (nSPS) is 11.0. The average molecular weight is 213 g/mol. The van der Waals surface area contributed by atoms with Gasteiger partial charge in [0, 0.05) is 6.54 Å². The van der Waals surface area contributed by atoms with Gasteiger partial charge in [-0.05, 0) is 5.92 Å². The molecule has 1 aromatic heterocycles. The molecule has 0 aliphatic heterocycles. The molecule has 2 N–H and O–H groups in total. The van der Waals surface area contributed by atoms with Gasteiger partial charge in [0.2, 0.25) is 0 Å². The van der Waals surface area contributed by atoms with Crippen LogP contribution >= 0.6 is 0 Å². The smallest absolute Gasteiger partial charge is 0.297 e. The zero-order valence-corrected chi connectivity index (χ0v) is 8.84. The molecule has 0 bridgehead atoms. The lowest BCUT2D eigenvalue weighted by molar-refractivity contribution is 0.238. The molecule has 1 heterocycles. The Morgan fingerprint density at radius 2 is 2.00 bits per heavy atom. The molecular formula is C9H15N3O3. The number of hydrogen-bond acceptors (Lipinski definition) is 5. The summed E-state index contributed by atoms with van der Waals surface area (Å²) in [6.07, 6.45) is 0. The Morgan fingerprint density at radius 1 is 1.33 bits per heavy atom. The van der Waals surface area contributed by atoms with E-state index in [1.165, 1.54) is 4.68 Å². The van der Waals surface area contributed by atoms with Crippen molar-refractivity contribution in [3.05, 3.63) is 21.6 Å². The van der Waals surface area contributed by atoms with Gasteiger partial charge in [0.25, 0.3) is 5.56 Å². The topological polar surface area (TPSA) is 88.2 Å². The second-order valence-electron chi connectivity index (χ2n) is 3.71. The van der Waals surface area contributed by atoms with E-state index in [1.54, 1.807) is 0 Å². The molecule has 1 aromatic rings. The van der Waals surface area contributed by atoms with Crippen molar-refractivity contribution < 1.29 is 10.2 Å². The standard InChI is InChI=1S/C9H15N3O3/c1-6(2)3-12-8(5-14)7(4-13)9(15)10-11-12/h6,13-14H,3-5H2,1-2H3. The van der Waals surface area contributed by atoms with Gasteiger partial charge in [-0.3, -0.25) is 4.79 Å². The van der Waals surface area contributed by atoms with E-state index < -0.39 is 12.2 Å². The van der Waals surface area contributed by atoms with Crippen LogP contribution in [0.5, 0.6) is 0 Å². The SMILES string of the molecule is CC(C)Cn1nnc(=O)c(CO)c1CO. The second-order valence-corrected chi connectivity index (χ2v) is 3.71. The molecule has 0 saturated carbocycles. The average Bonchev–Trinajstić information content (AvgIpc) is 2.19. The van der Waals surface area contributed by atoms with E-state index >= 15 is 0 Å². The zero-order chi connectivity index (χ0) is 11.4. The van der Waals surface area contributed by atoms with Crippen molar-refractivity contribution in [1.82, 2.24) is 15.0 Å². The monoisotopic (exact) mass is 213 g/mol. The summed E-state index contributed by atoms with van der Waals surface area (Å²) in [7, 11) is 0. The summed E-state index contributed by atoms with van der Waals surface area (Å²) in [6, 6.07) is 0. The highest BCUT2D eigenvalue weighted by molar-refractivity contribution is 5.14. The van der Waals surface area contributed by atoms with Gasteiger partial charge in [-0.15, -0.1) is 0 Å². The van der Waals surface area contributed by atoms with Crippen molar-refractivity contribution in [2.75, 3.05) is 0 Å². The van der Waals surface area contributed by atoms with Crippen LogP contribution in [0.1, 0.15) is 25.1 Å². The fourth-order valence-electron chi connectivity index (χ4n) is 1.32. The van der Waals surface area contributed by atoms with Gasteiger partial charge in [0.15, 0.2) is 0 Å². The summed E-state index contributed by atoms with van der Waals surface area (Å²) in [5.74, 6) is 0.318. The third-order valence-corrected chi connectivity index (χ3v) is 2.01. The van der Waals surface area contributed by atoms with Crippen molar-refractivity contribution >= 4 is 0 Å². The van der Waals surface area contributed by atoms with E-state index in [-0.39, 0.29) is 12.2 Å². The van der Waals surface area contributed by atoms with E-state index in [0.29, 0.717) is 18.2 Å². The molecule has 0 aliphatic carbocycles. The molecule has 0 unspecified atom stereocenters. The maximum Gasteiger partial charge on any atom is 0.297 e. The summed E-state index contributed by atoms with van der Waals surface area (Å²) in [5.41, 5.74) is -0.124. The Bertz CT molecular complexity index is 387. The second kappa shape index (κ2) is 4.99. The molecule has 6 nitrogen and oxygen atoms in total. The van der Waals surface area contributed by atoms with Crippen molar-refractivity contribution in [3.63, 3.8) is 0 Å². The quantitative estimate of drug-likeness (QED) is 0.689. The molecule has 0 spiro atoms. The minimum absolute atomic E-state index is 0.119. The van der Waals surface area contributed by atoms with Gasteiger partial charge < -0.3 is 10.2 Å². The zero-order valence-electron chi connectivity index (χ0n) is 8.84. The van der Waals surface area contributed by atoms with E-state index in [4.69, 9.17) is 10.2 Å². The molecule has 0 fully saturated rings. The highest BCUT2D eigenvalue weighted by atomic mass is 16.3. The first-order valence-corrected chi connectivity index (χ1v) is 4.77. The first kappa shape index (κ1) is 11.8. The lowest BCUT2D eigenvalue weighted by Gasteiger charge is -2.13. The van der Waals surface area contributed by atoms with Crippen LogP contribution in [0.3, 0.4) is 0 Å². The third-order valence-electron chi connectivity index (χ3n) is 2.01. The summed E-state index contributed by atoms with van der Waals surface area (Å²) in [6.45, 7) is 3.77. The molecule has 84 valence electrons. The van der Waals surface area contributed by atoms with Crippen LogP contribution in [0, 0.1) is 5.92 Å². The van der Waals surface area contributed by atoms with Crippen molar-refractivity contribution in [2.24, 2.45) is 5.92 Å². The Morgan fingerprint density at radius 3 is 2.47 bits per heavy atom. The Balaban J connectivity index is 3.22. The van der Waals surface area contributed by atoms with E-state index in [1.807, 2.05) is 13.8 Å². The van der Waals surface area contributed by atoms with Crippen LogP contribution in [0.15, 0.2) is 4.79 Å². The summed E-state index contributed by atoms with van der Waals surface area (Å²) >= 11 is 0. The maximum atomic E-state index is 11.2. The highest BCUT2D eigenvalue weighted by Gasteiger charge is 2.12. The molecule has 15 heavy (non-hydrogen) atoms. The molecule has 0 radical (unpaired) electrons. The lowest BCUT2D eigenvalue weighted by atomic mass is 10.2. The van der Waals surface area contributed by atoms with Crippen LogP contribution in [-0.2, 0) is 19.8 Å². The fraction of sp³-hybridized carbons (Fsp3) is 0.667. The molecule has 0 aliphatic rings. The minimum Gasteiger partial charge on any atom is -0.391 e. The Kier molecular flexibility index (Phi) is 3.93. The molecule has 1 rings (SSSR count). The predicted molar refractivity (Wildman–Crippen MR) is 53.0 cm³/mol. The molecule has 6 heteroatoms. The Hall–Kier alpha value is -1.27. The summed E-state index contributed by atoms with van der Waals surface area (Å²) in [4.78, 5) is 11.2. The van der Waals surface area contributed by atoms with E-state index in [9.17, 15) is 4.79 Å². The number of aliphatic hydroxyl groups excluding tert-OH is 2. The van der Waals surface area contributed by atoms with Gasteiger partial charge in [0.05, 0.1) is 24.5 Å². The van der Waals surface area contributed by atoms with E-state index in [2.05, 4.69) is 10.3 Å². The van der Waals surface area contributed by atoms with Crippen molar-refractivity contribution in [2.45, 2.75) is 33.6 Å². The van der Waals surface area contributed by atoms with Gasteiger partial charge in [-0.1, -0.05) is 24.2 Å². The minimum atomic E-state index is -0.582. The van der Waals surface area contributed by atoms with Gasteiger partial charge in [-0.25, -0.2) is 4.68 Å². The van der Waals surface area contributed by atoms with Crippen molar-refractivity contribution in [1.29, 1.82) is 0 Å². The van der Waals surface area contributed by atoms with Crippen LogP contribution in [-0.4, -0.2) is 25.2 Å². The maximum absolute atomic E-state index is 11.2. The van der Waals surface area contributed by atoms with Gasteiger partial charge in [-0.2, -0.15) is 0 Å². The molecular weight excluding hydrogens is 198 g/mol. The van der Waals surface area contributed by atoms with E-state index in [0.717, 1.165) is 0 Å². The number of nitrogens with zero attached hydrogens (tertiary/aromatic N) is 3. The Labute approximate surface area is 87.2 Å². The first-order chi connectivity index (χ1) is 7.10. The predicted octanol–water partition coefficient (Wildman–Crippen LogP) is -0.721. The number of aromatic nitrogens is 3. The largest absolute Gasteiger partial charge is 0.391 e. The number of hydrogen-bond donors (Lipinski definition) is 2. The number of aliphatic hydroxyl groups is 2. The van der Waals surface area contributed by atoms with Gasteiger partial charge >= 0.3 is 0 Å². The molecule has 0 aromatic carbocycles. The van der Waals surface area contributed by atoms with Crippen LogP contribution in [0.2, 0.25) is 0 Å². The molecule has 0 saturated heterocycles. The molecule has 0 atom stereocenters. The number of rotatable bonds is 4. The van der Waals surface area contributed by atoms with Crippen LogP contribution in [0.25, 0.3) is 0 Å². The fourth-order valence-corrected chi connectivity index (χ4v) is 1.32. The van der Waals surface area contributed by atoms with Gasteiger partial charge in [0.1, 0.15) is 0 Å². The third kappa shape index (κ3) is 2.60. The highest BCUT2D eigenvalue weighted by Crippen LogP contribution is 2.05. The van der Waals surface area contributed by atoms with Crippen LogP contribution < -0.4 is 5.56 Å². The first-order valence-electron chi connectivity index (χ1n) is 4.77. The van der Waals surface area contributed by atoms with Crippen LogP contribution in [0.4, 0.5) is 0 Å². The summed E-state index contributed by atoms with van der Waals surface area (Å²) in [5, 5.41) is 25.2.